The Hall–Kier alpha value is 0.180. The summed E-state index contributed by atoms with van der Waals surface area (Å²) in [6.45, 7) is 0. The molecule has 0 aromatic rings. The third-order valence-electron chi connectivity index (χ3n) is 0.917. The van der Waals surface area contributed by atoms with Gasteiger partial charge in [-0.3, -0.25) is 14.9 Å². The molecule has 0 rings (SSSR count). The highest BCUT2D eigenvalue weighted by atomic mass is 127. The molecule has 0 bridgehead atoms. The van der Waals surface area contributed by atoms with Crippen LogP contribution >= 0.6 is 35.2 Å². The van der Waals surface area contributed by atoms with Gasteiger partial charge >= 0.3 is 0 Å². The first-order chi connectivity index (χ1) is 5.11. The standard InChI is InChI=1S/C5H9IN2O2S/c6-1-4(9)8-5(10)3(7)2-11/h3,11H,1-2,7H2,(H,8,9,10)/t3-/m0/s1. The van der Waals surface area contributed by atoms with E-state index in [0.717, 1.165) is 0 Å². The summed E-state index contributed by atoms with van der Waals surface area (Å²) in [5.41, 5.74) is 5.28. The fraction of sp³-hybridized carbons (Fsp3) is 0.600. The Kier molecular flexibility index (Phi) is 5.88. The Labute approximate surface area is 83.8 Å². The smallest absolute Gasteiger partial charge is 0.244 e. The first-order valence-corrected chi connectivity index (χ1v) is 5.03. The second-order valence-corrected chi connectivity index (χ2v) is 2.96. The zero-order valence-electron chi connectivity index (χ0n) is 5.71. The SMILES string of the molecule is N[C@@H](CS)C(=O)NC(=O)CI. The molecule has 0 radical (unpaired) electrons. The molecule has 0 spiro atoms. The second-order valence-electron chi connectivity index (χ2n) is 1.84. The summed E-state index contributed by atoms with van der Waals surface area (Å²) in [4.78, 5) is 21.5. The largest absolute Gasteiger partial charge is 0.319 e. The first kappa shape index (κ1) is 11.2. The number of alkyl halides is 1. The van der Waals surface area contributed by atoms with Crippen molar-refractivity contribution in [2.24, 2.45) is 5.73 Å². The molecule has 64 valence electrons. The average molecular weight is 288 g/mol. The molecule has 0 aromatic carbocycles. The van der Waals surface area contributed by atoms with Gasteiger partial charge in [-0.2, -0.15) is 12.6 Å². The summed E-state index contributed by atoms with van der Waals surface area (Å²) in [6, 6.07) is -0.703. The molecular formula is C5H9IN2O2S. The van der Waals surface area contributed by atoms with Crippen LogP contribution in [0, 0.1) is 0 Å². The van der Waals surface area contributed by atoms with E-state index in [-0.39, 0.29) is 16.1 Å². The number of thiol groups is 1. The summed E-state index contributed by atoms with van der Waals surface area (Å²) < 4.78 is 0.253. The number of nitrogens with one attached hydrogen (secondary N) is 1. The highest BCUT2D eigenvalue weighted by Gasteiger charge is 2.13. The van der Waals surface area contributed by atoms with Crippen molar-refractivity contribution in [2.45, 2.75) is 6.04 Å². The van der Waals surface area contributed by atoms with Gasteiger partial charge in [-0.05, 0) is 0 Å². The number of nitrogens with two attached hydrogens (primary N) is 1. The molecule has 0 saturated heterocycles. The van der Waals surface area contributed by atoms with E-state index >= 15 is 0 Å². The minimum Gasteiger partial charge on any atom is -0.319 e. The molecule has 0 aliphatic rings. The Bertz CT molecular complexity index is 165. The van der Waals surface area contributed by atoms with Crippen molar-refractivity contribution in [3.63, 3.8) is 0 Å². The molecule has 0 aromatic heterocycles. The highest BCUT2D eigenvalue weighted by Crippen LogP contribution is 1.85. The third kappa shape index (κ3) is 4.59. The monoisotopic (exact) mass is 288 g/mol. The van der Waals surface area contributed by atoms with Crippen LogP contribution in [0.2, 0.25) is 0 Å². The minimum absolute atomic E-state index is 0.236. The zero-order chi connectivity index (χ0) is 8.85. The molecule has 6 heteroatoms. The summed E-state index contributed by atoms with van der Waals surface area (Å²) in [5, 5.41) is 2.12. The summed E-state index contributed by atoms with van der Waals surface area (Å²) in [5.74, 6) is -0.560. The first-order valence-electron chi connectivity index (χ1n) is 2.88. The molecule has 2 amide bonds. The Morgan fingerprint density at radius 2 is 2.18 bits per heavy atom. The molecular weight excluding hydrogens is 279 g/mol. The molecule has 0 saturated carbocycles. The molecule has 1 atom stereocenters. The van der Waals surface area contributed by atoms with Gasteiger partial charge in [0, 0.05) is 5.75 Å². The number of carbonyl (C=O) groups is 2. The van der Waals surface area contributed by atoms with Crippen LogP contribution in [0.15, 0.2) is 0 Å². The van der Waals surface area contributed by atoms with Crippen molar-refractivity contribution in [3.8, 4) is 0 Å². The van der Waals surface area contributed by atoms with Gasteiger partial charge in [-0.25, -0.2) is 0 Å². The van der Waals surface area contributed by atoms with Crippen molar-refractivity contribution in [1.29, 1.82) is 0 Å². The quantitative estimate of drug-likeness (QED) is 0.366. The number of carbonyl (C=O) groups excluding carboxylic acids is 2. The number of amides is 2. The topological polar surface area (TPSA) is 72.2 Å². The molecule has 0 heterocycles. The molecule has 0 unspecified atom stereocenters. The Morgan fingerprint density at radius 3 is 2.55 bits per heavy atom. The van der Waals surface area contributed by atoms with Crippen LogP contribution in [0.5, 0.6) is 0 Å². The van der Waals surface area contributed by atoms with E-state index in [2.05, 4.69) is 17.9 Å². The van der Waals surface area contributed by atoms with Crippen LogP contribution in [-0.2, 0) is 9.59 Å². The van der Waals surface area contributed by atoms with Crippen molar-refractivity contribution in [2.75, 3.05) is 10.2 Å². The van der Waals surface area contributed by atoms with Crippen LogP contribution in [0.25, 0.3) is 0 Å². The fourth-order valence-corrected chi connectivity index (χ4v) is 0.703. The normalized spacial score (nSPS) is 12.3. The van der Waals surface area contributed by atoms with E-state index < -0.39 is 11.9 Å². The number of halogens is 1. The van der Waals surface area contributed by atoms with E-state index in [9.17, 15) is 9.59 Å². The summed E-state index contributed by atoms with van der Waals surface area (Å²) >= 11 is 5.67. The predicted octanol–water partition coefficient (Wildman–Crippen LogP) is -0.679. The maximum atomic E-state index is 10.8. The molecule has 0 fully saturated rings. The van der Waals surface area contributed by atoms with Crippen LogP contribution in [0.1, 0.15) is 0 Å². The van der Waals surface area contributed by atoms with Crippen molar-refractivity contribution < 1.29 is 9.59 Å². The van der Waals surface area contributed by atoms with E-state index in [1.165, 1.54) is 0 Å². The van der Waals surface area contributed by atoms with Gasteiger partial charge in [0.25, 0.3) is 0 Å². The summed E-state index contributed by atoms with van der Waals surface area (Å²) in [7, 11) is 0. The van der Waals surface area contributed by atoms with Crippen molar-refractivity contribution in [3.05, 3.63) is 0 Å². The molecule has 0 aliphatic heterocycles. The van der Waals surface area contributed by atoms with Gasteiger partial charge < -0.3 is 5.73 Å². The summed E-state index contributed by atoms with van der Waals surface area (Å²) in [6.07, 6.45) is 0. The Balaban J connectivity index is 3.77. The van der Waals surface area contributed by atoms with E-state index in [4.69, 9.17) is 5.73 Å². The third-order valence-corrected chi connectivity index (χ3v) is 2.00. The fourth-order valence-electron chi connectivity index (χ4n) is 0.346. The average Bonchev–Trinajstić information content (AvgIpc) is 2.02. The number of imide groups is 1. The lowest BCUT2D eigenvalue weighted by Crippen LogP contribution is -2.44. The maximum absolute atomic E-state index is 10.8. The predicted molar refractivity (Wildman–Crippen MR) is 53.9 cm³/mol. The van der Waals surface area contributed by atoms with Gasteiger partial charge in [-0.15, -0.1) is 0 Å². The number of hydrogen-bond donors (Lipinski definition) is 3. The van der Waals surface area contributed by atoms with Crippen molar-refractivity contribution in [1.82, 2.24) is 5.32 Å². The molecule has 3 N–H and O–H groups in total. The lowest BCUT2D eigenvalue weighted by molar-refractivity contribution is -0.129. The Morgan fingerprint density at radius 1 is 1.64 bits per heavy atom. The molecule has 11 heavy (non-hydrogen) atoms. The van der Waals surface area contributed by atoms with Gasteiger partial charge in [0.1, 0.15) is 0 Å². The van der Waals surface area contributed by atoms with Gasteiger partial charge in [0.05, 0.1) is 10.5 Å². The van der Waals surface area contributed by atoms with Crippen LogP contribution in [0.4, 0.5) is 0 Å². The lowest BCUT2D eigenvalue weighted by Gasteiger charge is -2.06. The van der Waals surface area contributed by atoms with E-state index in [1.807, 2.05) is 22.6 Å². The van der Waals surface area contributed by atoms with E-state index in [0.29, 0.717) is 0 Å². The van der Waals surface area contributed by atoms with Crippen LogP contribution < -0.4 is 11.1 Å². The second kappa shape index (κ2) is 5.78. The van der Waals surface area contributed by atoms with Crippen molar-refractivity contribution >= 4 is 47.0 Å². The lowest BCUT2D eigenvalue weighted by atomic mass is 10.3. The zero-order valence-corrected chi connectivity index (χ0v) is 8.76. The maximum Gasteiger partial charge on any atom is 0.244 e. The van der Waals surface area contributed by atoms with Gasteiger partial charge in [-0.1, -0.05) is 22.6 Å². The van der Waals surface area contributed by atoms with E-state index in [1.54, 1.807) is 0 Å². The van der Waals surface area contributed by atoms with Crippen LogP contribution in [0.3, 0.4) is 0 Å². The number of rotatable bonds is 3. The molecule has 0 aliphatic carbocycles. The van der Waals surface area contributed by atoms with Gasteiger partial charge in [0.15, 0.2) is 0 Å². The highest BCUT2D eigenvalue weighted by molar-refractivity contribution is 14.1. The number of hydrogen-bond acceptors (Lipinski definition) is 4. The van der Waals surface area contributed by atoms with Crippen LogP contribution in [-0.4, -0.2) is 28.0 Å². The van der Waals surface area contributed by atoms with Gasteiger partial charge in [0.2, 0.25) is 11.8 Å². The molecule has 4 nitrogen and oxygen atoms in total. The minimum atomic E-state index is -0.703.